The first kappa shape index (κ1) is 22.1. The van der Waals surface area contributed by atoms with Gasteiger partial charge in [0.15, 0.2) is 0 Å². The predicted molar refractivity (Wildman–Crippen MR) is 51.4 cm³/mol. The summed E-state index contributed by atoms with van der Waals surface area (Å²) in [5.41, 5.74) is -6.30. The molecule has 0 aromatic carbocycles. The van der Waals surface area contributed by atoms with Crippen molar-refractivity contribution in [1.82, 2.24) is 0 Å². The molecule has 1 nitrogen and oxygen atoms in total. The zero-order valence-corrected chi connectivity index (χ0v) is 10.9. The number of aliphatic hydroxyl groups is 1. The number of alkyl halides is 12. The van der Waals surface area contributed by atoms with Gasteiger partial charge in [-0.3, -0.25) is 0 Å². The van der Waals surface area contributed by atoms with Crippen LogP contribution < -0.4 is 0 Å². The molecule has 0 heterocycles. The van der Waals surface area contributed by atoms with Crippen molar-refractivity contribution in [2.45, 2.75) is 49.4 Å². The number of hydrogen-bond donors (Lipinski definition) is 1. The molecule has 1 N–H and O–H groups in total. The van der Waals surface area contributed by atoms with Crippen LogP contribution in [-0.2, 0) is 0 Å². The van der Waals surface area contributed by atoms with Crippen molar-refractivity contribution in [3.8, 4) is 0 Å². The molecular weight excluding hydrogens is 364 g/mol. The second kappa shape index (κ2) is 6.55. The SMILES string of the molecule is OCCC(F)(F)CC(CC(F)(C(F)(F)F)C(F)(F)F)C(F)(F)F. The second-order valence-electron chi connectivity index (χ2n) is 4.77. The molecular formula is C10H10F12O. The summed E-state index contributed by atoms with van der Waals surface area (Å²) in [6.07, 6.45) is -26.9. The average Bonchev–Trinajstić information content (AvgIpc) is 2.22. The number of halogens is 12. The highest BCUT2D eigenvalue weighted by atomic mass is 19.4. The lowest BCUT2D eigenvalue weighted by Crippen LogP contribution is -2.55. The van der Waals surface area contributed by atoms with Crippen molar-refractivity contribution in [3.63, 3.8) is 0 Å². The van der Waals surface area contributed by atoms with E-state index in [4.69, 9.17) is 5.11 Å². The van der Waals surface area contributed by atoms with Crippen LogP contribution in [0.1, 0.15) is 19.3 Å². The first-order valence-corrected chi connectivity index (χ1v) is 5.75. The van der Waals surface area contributed by atoms with E-state index in [0.29, 0.717) is 0 Å². The second-order valence-corrected chi connectivity index (χ2v) is 4.77. The van der Waals surface area contributed by atoms with Gasteiger partial charge in [0, 0.05) is 25.9 Å². The Hall–Kier alpha value is -0.880. The van der Waals surface area contributed by atoms with Gasteiger partial charge < -0.3 is 5.11 Å². The van der Waals surface area contributed by atoms with Crippen LogP contribution in [0.5, 0.6) is 0 Å². The molecule has 0 spiro atoms. The van der Waals surface area contributed by atoms with Crippen LogP contribution >= 0.6 is 0 Å². The molecule has 0 fully saturated rings. The van der Waals surface area contributed by atoms with Gasteiger partial charge in [0.2, 0.25) is 0 Å². The van der Waals surface area contributed by atoms with Gasteiger partial charge in [-0.1, -0.05) is 0 Å². The fraction of sp³-hybridized carbons (Fsp3) is 1.00. The topological polar surface area (TPSA) is 20.2 Å². The third-order valence-electron chi connectivity index (χ3n) is 2.91. The Kier molecular flexibility index (Phi) is 6.30. The molecule has 0 aliphatic heterocycles. The maximum atomic E-state index is 13.3. The van der Waals surface area contributed by atoms with E-state index in [-0.39, 0.29) is 0 Å². The van der Waals surface area contributed by atoms with E-state index in [9.17, 15) is 52.7 Å². The normalized spacial score (nSPS) is 16.6. The van der Waals surface area contributed by atoms with E-state index in [1.807, 2.05) is 0 Å². The number of aliphatic hydroxyl groups excluding tert-OH is 1. The molecule has 0 aromatic rings. The fourth-order valence-corrected chi connectivity index (χ4v) is 1.66. The highest BCUT2D eigenvalue weighted by Gasteiger charge is 2.74. The van der Waals surface area contributed by atoms with Crippen molar-refractivity contribution < 1.29 is 57.8 Å². The Morgan fingerprint density at radius 2 is 1.04 bits per heavy atom. The molecule has 0 saturated carbocycles. The van der Waals surface area contributed by atoms with Gasteiger partial charge in [-0.2, -0.15) is 39.5 Å². The Labute approximate surface area is 121 Å². The summed E-state index contributed by atoms with van der Waals surface area (Å²) >= 11 is 0. The minimum Gasteiger partial charge on any atom is -0.396 e. The molecule has 1 atom stereocenters. The molecule has 0 aromatic heterocycles. The summed E-state index contributed by atoms with van der Waals surface area (Å²) in [6, 6.07) is 0. The first-order valence-electron chi connectivity index (χ1n) is 5.75. The van der Waals surface area contributed by atoms with Crippen molar-refractivity contribution >= 4 is 0 Å². The lowest BCUT2D eigenvalue weighted by molar-refractivity contribution is -0.353. The summed E-state index contributed by atoms with van der Waals surface area (Å²) in [5.74, 6) is -8.34. The molecule has 0 amide bonds. The van der Waals surface area contributed by atoms with Crippen LogP contribution in [0, 0.1) is 5.92 Å². The Morgan fingerprint density at radius 1 is 0.652 bits per heavy atom. The van der Waals surface area contributed by atoms with Crippen LogP contribution in [0.15, 0.2) is 0 Å². The average molecular weight is 374 g/mol. The quantitative estimate of drug-likeness (QED) is 0.663. The van der Waals surface area contributed by atoms with E-state index in [0.717, 1.165) is 0 Å². The molecule has 0 rings (SSSR count). The first-order chi connectivity index (χ1) is 9.87. The Bertz CT molecular complexity index is 365. The third-order valence-corrected chi connectivity index (χ3v) is 2.91. The van der Waals surface area contributed by atoms with E-state index in [2.05, 4.69) is 0 Å². The maximum Gasteiger partial charge on any atom is 0.431 e. The molecule has 0 radical (unpaired) electrons. The molecule has 13 heteroatoms. The van der Waals surface area contributed by atoms with Gasteiger partial charge in [-0.05, 0) is 0 Å². The highest BCUT2D eigenvalue weighted by molar-refractivity contribution is 4.98. The summed E-state index contributed by atoms with van der Waals surface area (Å²) in [5, 5.41) is 8.21. The van der Waals surface area contributed by atoms with Crippen molar-refractivity contribution in [2.24, 2.45) is 5.92 Å². The lowest BCUT2D eigenvalue weighted by atomic mass is 9.85. The van der Waals surface area contributed by atoms with Crippen molar-refractivity contribution in [2.75, 3.05) is 6.61 Å². The standard InChI is InChI=1S/C10H10F12O/c11-6(12,1-2-23)3-5(8(14,15)16)4-7(13,9(17,18)19)10(20,21)22/h5,23H,1-4H2. The smallest absolute Gasteiger partial charge is 0.396 e. The van der Waals surface area contributed by atoms with E-state index >= 15 is 0 Å². The zero-order chi connectivity index (χ0) is 18.9. The van der Waals surface area contributed by atoms with E-state index < -0.39 is 61.9 Å². The Balaban J connectivity index is 5.69. The predicted octanol–water partition coefficient (Wildman–Crippen LogP) is 4.80. The lowest BCUT2D eigenvalue weighted by Gasteiger charge is -2.34. The minimum absolute atomic E-state index is 1.36. The Morgan fingerprint density at radius 3 is 1.30 bits per heavy atom. The number of rotatable bonds is 6. The van der Waals surface area contributed by atoms with E-state index in [1.165, 1.54) is 0 Å². The van der Waals surface area contributed by atoms with E-state index in [1.54, 1.807) is 0 Å². The summed E-state index contributed by atoms with van der Waals surface area (Å²) in [4.78, 5) is 0. The van der Waals surface area contributed by atoms with Crippen LogP contribution in [0.3, 0.4) is 0 Å². The fourth-order valence-electron chi connectivity index (χ4n) is 1.66. The molecule has 0 aliphatic rings. The highest BCUT2D eigenvalue weighted by Crippen LogP contribution is 2.53. The molecule has 0 saturated heterocycles. The monoisotopic (exact) mass is 374 g/mol. The van der Waals surface area contributed by atoms with Gasteiger partial charge in [0.05, 0.1) is 5.92 Å². The van der Waals surface area contributed by atoms with Crippen LogP contribution in [0.2, 0.25) is 0 Å². The van der Waals surface area contributed by atoms with Crippen molar-refractivity contribution in [1.29, 1.82) is 0 Å². The van der Waals surface area contributed by atoms with Crippen LogP contribution in [-0.4, -0.2) is 41.8 Å². The molecule has 1 unspecified atom stereocenters. The molecule has 23 heavy (non-hydrogen) atoms. The molecule has 140 valence electrons. The summed E-state index contributed by atoms with van der Waals surface area (Å²) in [6.45, 7) is -1.36. The van der Waals surface area contributed by atoms with Crippen molar-refractivity contribution in [3.05, 3.63) is 0 Å². The number of hydrogen-bond acceptors (Lipinski definition) is 1. The van der Waals surface area contributed by atoms with Gasteiger partial charge in [-0.25, -0.2) is 13.2 Å². The van der Waals surface area contributed by atoms with Gasteiger partial charge in [0.1, 0.15) is 0 Å². The minimum atomic E-state index is -6.78. The van der Waals surface area contributed by atoms with Gasteiger partial charge in [-0.15, -0.1) is 0 Å². The summed E-state index contributed by atoms with van der Waals surface area (Å²) in [7, 11) is 0. The molecule has 0 bridgehead atoms. The maximum absolute atomic E-state index is 13.3. The van der Waals surface area contributed by atoms with Crippen LogP contribution in [0.25, 0.3) is 0 Å². The third kappa shape index (κ3) is 5.60. The van der Waals surface area contributed by atoms with Gasteiger partial charge in [0.25, 0.3) is 11.6 Å². The largest absolute Gasteiger partial charge is 0.431 e. The van der Waals surface area contributed by atoms with Crippen LogP contribution in [0.4, 0.5) is 52.7 Å². The zero-order valence-electron chi connectivity index (χ0n) is 10.9. The summed E-state index contributed by atoms with van der Waals surface area (Å²) < 4.78 is 150. The van der Waals surface area contributed by atoms with Gasteiger partial charge >= 0.3 is 18.5 Å². The molecule has 0 aliphatic carbocycles.